The van der Waals surface area contributed by atoms with Crippen LogP contribution in [0.4, 0.5) is 11.6 Å². The minimum absolute atomic E-state index is 0.00526. The maximum atomic E-state index is 12.1. The molecule has 0 unspecified atom stereocenters. The van der Waals surface area contributed by atoms with Crippen LogP contribution in [0.15, 0.2) is 22.7 Å². The zero-order valence-electron chi connectivity index (χ0n) is 10.6. The summed E-state index contributed by atoms with van der Waals surface area (Å²) in [5.41, 5.74) is 1.10. The van der Waals surface area contributed by atoms with Crippen molar-refractivity contribution in [3.05, 3.63) is 50.2 Å². The summed E-state index contributed by atoms with van der Waals surface area (Å²) in [5.74, 6) is -0.409. The quantitative estimate of drug-likeness (QED) is 0.693. The first-order chi connectivity index (χ1) is 9.40. The third-order valence-electron chi connectivity index (χ3n) is 2.79. The number of aromatic nitrogens is 1. The number of non-ortho nitro benzene ring substituents is 1. The van der Waals surface area contributed by atoms with Crippen molar-refractivity contribution in [2.75, 3.05) is 5.32 Å². The molecule has 0 bridgehead atoms. The Bertz CT molecular complexity index is 696. The zero-order chi connectivity index (χ0) is 14.9. The van der Waals surface area contributed by atoms with E-state index in [0.717, 1.165) is 6.07 Å². The molecule has 0 atom stereocenters. The van der Waals surface area contributed by atoms with Crippen molar-refractivity contribution < 1.29 is 14.2 Å². The maximum Gasteiger partial charge on any atom is 0.270 e. The normalized spacial score (nSPS) is 10.3. The number of benzene rings is 1. The number of aryl methyl sites for hydroxylation is 1. The zero-order valence-corrected chi connectivity index (χ0v) is 11.4. The molecular formula is C12H10ClN3O4. The molecule has 1 N–H and O–H groups in total. The van der Waals surface area contributed by atoms with Gasteiger partial charge < -0.3 is 4.52 Å². The van der Waals surface area contributed by atoms with Crippen molar-refractivity contribution in [1.29, 1.82) is 0 Å². The Morgan fingerprint density at radius 2 is 2.15 bits per heavy atom. The van der Waals surface area contributed by atoms with Gasteiger partial charge in [-0.15, -0.1) is 0 Å². The lowest BCUT2D eigenvalue weighted by atomic mass is 10.2. The van der Waals surface area contributed by atoms with Crippen LogP contribution in [0.3, 0.4) is 0 Å². The van der Waals surface area contributed by atoms with Crippen molar-refractivity contribution in [1.82, 2.24) is 5.16 Å². The van der Waals surface area contributed by atoms with Gasteiger partial charge in [-0.25, -0.2) is 0 Å². The molecule has 1 amide bonds. The van der Waals surface area contributed by atoms with Crippen LogP contribution in [0.1, 0.15) is 21.6 Å². The Labute approximate surface area is 118 Å². The Morgan fingerprint density at radius 3 is 2.70 bits per heavy atom. The predicted molar refractivity (Wildman–Crippen MR) is 72.0 cm³/mol. The second-order valence-electron chi connectivity index (χ2n) is 4.10. The van der Waals surface area contributed by atoms with Crippen LogP contribution in [-0.4, -0.2) is 16.0 Å². The van der Waals surface area contributed by atoms with E-state index < -0.39 is 10.8 Å². The molecule has 0 spiro atoms. The minimum atomic E-state index is -0.600. The van der Waals surface area contributed by atoms with Crippen molar-refractivity contribution in [3.63, 3.8) is 0 Å². The molecule has 20 heavy (non-hydrogen) atoms. The Balaban J connectivity index is 2.31. The van der Waals surface area contributed by atoms with E-state index in [9.17, 15) is 14.9 Å². The molecule has 0 aliphatic rings. The standard InChI is InChI=1S/C12H10ClN3O4/c1-6-7(2)15-20-12(6)14-11(17)9-5-8(16(18)19)3-4-10(9)13/h3-5H,1-2H3,(H,14,17). The highest BCUT2D eigenvalue weighted by atomic mass is 35.5. The number of nitrogens with one attached hydrogen (secondary N) is 1. The summed E-state index contributed by atoms with van der Waals surface area (Å²) < 4.78 is 4.95. The molecule has 0 aliphatic carbocycles. The molecule has 2 rings (SSSR count). The molecule has 0 saturated heterocycles. The predicted octanol–water partition coefficient (Wildman–Crippen LogP) is 3.11. The van der Waals surface area contributed by atoms with Gasteiger partial charge in [-0.3, -0.25) is 20.2 Å². The summed E-state index contributed by atoms with van der Waals surface area (Å²) in [7, 11) is 0. The van der Waals surface area contributed by atoms with E-state index >= 15 is 0 Å². The summed E-state index contributed by atoms with van der Waals surface area (Å²) in [4.78, 5) is 22.2. The summed E-state index contributed by atoms with van der Waals surface area (Å²) >= 11 is 5.88. The number of carbonyl (C=O) groups is 1. The van der Waals surface area contributed by atoms with Gasteiger partial charge in [0.25, 0.3) is 11.6 Å². The SMILES string of the molecule is Cc1noc(NC(=O)c2cc([N+](=O)[O-])ccc2Cl)c1C. The first kappa shape index (κ1) is 14.0. The maximum absolute atomic E-state index is 12.1. The lowest BCUT2D eigenvalue weighted by molar-refractivity contribution is -0.384. The van der Waals surface area contributed by atoms with Gasteiger partial charge in [0.05, 0.1) is 21.2 Å². The molecular weight excluding hydrogens is 286 g/mol. The van der Waals surface area contributed by atoms with E-state index in [1.165, 1.54) is 12.1 Å². The van der Waals surface area contributed by atoms with Gasteiger partial charge in [-0.05, 0) is 19.9 Å². The van der Waals surface area contributed by atoms with Crippen molar-refractivity contribution in [2.24, 2.45) is 0 Å². The fraction of sp³-hybridized carbons (Fsp3) is 0.167. The molecule has 0 fully saturated rings. The van der Waals surface area contributed by atoms with Gasteiger partial charge in [0, 0.05) is 17.7 Å². The number of nitrogens with zero attached hydrogens (tertiary/aromatic N) is 2. The molecule has 7 nitrogen and oxygen atoms in total. The highest BCUT2D eigenvalue weighted by Gasteiger charge is 2.18. The highest BCUT2D eigenvalue weighted by Crippen LogP contribution is 2.24. The van der Waals surface area contributed by atoms with Crippen LogP contribution in [-0.2, 0) is 0 Å². The molecule has 0 saturated carbocycles. The average molecular weight is 296 g/mol. The van der Waals surface area contributed by atoms with E-state index in [1.807, 2.05) is 0 Å². The van der Waals surface area contributed by atoms with Crippen LogP contribution >= 0.6 is 11.6 Å². The smallest absolute Gasteiger partial charge is 0.270 e. The Kier molecular flexibility index (Phi) is 3.71. The fourth-order valence-electron chi connectivity index (χ4n) is 1.50. The highest BCUT2D eigenvalue weighted by molar-refractivity contribution is 6.34. The number of rotatable bonds is 3. The fourth-order valence-corrected chi connectivity index (χ4v) is 1.71. The van der Waals surface area contributed by atoms with E-state index in [-0.39, 0.29) is 22.2 Å². The molecule has 1 aromatic carbocycles. The van der Waals surface area contributed by atoms with Gasteiger partial charge in [-0.2, -0.15) is 0 Å². The van der Waals surface area contributed by atoms with Gasteiger partial charge >= 0.3 is 0 Å². The van der Waals surface area contributed by atoms with Crippen LogP contribution < -0.4 is 5.32 Å². The van der Waals surface area contributed by atoms with E-state index in [2.05, 4.69) is 10.5 Å². The lowest BCUT2D eigenvalue weighted by Crippen LogP contribution is -2.13. The molecule has 1 aromatic heterocycles. The topological polar surface area (TPSA) is 98.3 Å². The number of halogens is 1. The van der Waals surface area contributed by atoms with Crippen LogP contribution in [0, 0.1) is 24.0 Å². The van der Waals surface area contributed by atoms with Crippen molar-refractivity contribution in [2.45, 2.75) is 13.8 Å². The summed E-state index contributed by atoms with van der Waals surface area (Å²) in [6.45, 7) is 3.46. The molecule has 104 valence electrons. The number of amides is 1. The van der Waals surface area contributed by atoms with Gasteiger partial charge in [0.2, 0.25) is 5.88 Å². The second-order valence-corrected chi connectivity index (χ2v) is 4.50. The Hall–Kier alpha value is -2.41. The largest absolute Gasteiger partial charge is 0.338 e. The summed E-state index contributed by atoms with van der Waals surface area (Å²) in [6.07, 6.45) is 0. The van der Waals surface area contributed by atoms with Crippen LogP contribution in [0.2, 0.25) is 5.02 Å². The minimum Gasteiger partial charge on any atom is -0.338 e. The summed E-state index contributed by atoms with van der Waals surface area (Å²) in [6, 6.07) is 3.63. The number of hydrogen-bond acceptors (Lipinski definition) is 5. The number of anilines is 1. The third-order valence-corrected chi connectivity index (χ3v) is 3.12. The average Bonchev–Trinajstić information content (AvgIpc) is 2.71. The van der Waals surface area contributed by atoms with Crippen molar-refractivity contribution in [3.8, 4) is 0 Å². The van der Waals surface area contributed by atoms with Crippen LogP contribution in [0.25, 0.3) is 0 Å². The molecule has 2 aromatic rings. The van der Waals surface area contributed by atoms with Gasteiger partial charge in [-0.1, -0.05) is 16.8 Å². The van der Waals surface area contributed by atoms with Gasteiger partial charge in [0.1, 0.15) is 0 Å². The molecule has 0 aliphatic heterocycles. The molecule has 0 radical (unpaired) electrons. The van der Waals surface area contributed by atoms with Crippen LogP contribution in [0.5, 0.6) is 0 Å². The lowest BCUT2D eigenvalue weighted by Gasteiger charge is -2.04. The molecule has 8 heteroatoms. The number of carbonyl (C=O) groups excluding carboxylic acids is 1. The first-order valence-electron chi connectivity index (χ1n) is 5.58. The Morgan fingerprint density at radius 1 is 1.45 bits per heavy atom. The number of nitro groups is 1. The number of nitro benzene ring substituents is 1. The van der Waals surface area contributed by atoms with Gasteiger partial charge in [0.15, 0.2) is 0 Å². The monoisotopic (exact) mass is 295 g/mol. The van der Waals surface area contributed by atoms with E-state index in [0.29, 0.717) is 11.3 Å². The second kappa shape index (κ2) is 5.30. The number of hydrogen-bond donors (Lipinski definition) is 1. The van der Waals surface area contributed by atoms with E-state index in [1.54, 1.807) is 13.8 Å². The third kappa shape index (κ3) is 2.62. The summed E-state index contributed by atoms with van der Waals surface area (Å²) in [5, 5.41) is 17.0. The first-order valence-corrected chi connectivity index (χ1v) is 5.96. The molecule has 1 heterocycles. The van der Waals surface area contributed by atoms with E-state index in [4.69, 9.17) is 16.1 Å². The van der Waals surface area contributed by atoms with Crippen molar-refractivity contribution >= 4 is 29.1 Å².